The molecule has 7 heteroatoms. The molecule has 0 bridgehead atoms. The lowest BCUT2D eigenvalue weighted by atomic mass is 9.85. The Labute approximate surface area is 173 Å². The lowest BCUT2D eigenvalue weighted by molar-refractivity contribution is 0.0337. The van der Waals surface area contributed by atoms with Gasteiger partial charge in [-0.05, 0) is 44.2 Å². The summed E-state index contributed by atoms with van der Waals surface area (Å²) in [5, 5.41) is 0. The monoisotopic (exact) mass is 410 g/mol. The number of ketones is 2. The summed E-state index contributed by atoms with van der Waals surface area (Å²) in [4.78, 5) is 38.7. The van der Waals surface area contributed by atoms with Crippen LogP contribution in [0.2, 0.25) is 0 Å². The molecule has 1 heterocycles. The highest BCUT2D eigenvalue weighted by Crippen LogP contribution is 2.37. The van der Waals surface area contributed by atoms with Crippen molar-refractivity contribution in [2.45, 2.75) is 26.4 Å². The number of esters is 1. The van der Waals surface area contributed by atoms with E-state index in [9.17, 15) is 14.4 Å². The van der Waals surface area contributed by atoms with Gasteiger partial charge in [0, 0.05) is 12.0 Å². The van der Waals surface area contributed by atoms with Crippen molar-refractivity contribution in [3.05, 3.63) is 70.7 Å². The van der Waals surface area contributed by atoms with Crippen LogP contribution in [0.15, 0.2) is 58.2 Å². The summed E-state index contributed by atoms with van der Waals surface area (Å²) >= 11 is 0. The number of furan rings is 1. The molecule has 1 aliphatic rings. The molecule has 1 aliphatic carbocycles. The Morgan fingerprint density at radius 2 is 1.73 bits per heavy atom. The normalized spacial score (nSPS) is 13.8. The summed E-state index contributed by atoms with van der Waals surface area (Å²) in [6.07, 6.45) is 3.63. The Bertz CT molecular complexity index is 1040. The van der Waals surface area contributed by atoms with Crippen LogP contribution in [0.1, 0.15) is 51.5 Å². The molecule has 0 aliphatic heterocycles. The highest BCUT2D eigenvalue weighted by atomic mass is 16.6. The van der Waals surface area contributed by atoms with Crippen LogP contribution in [0, 0.1) is 0 Å². The molecule has 0 saturated heterocycles. The second-order valence-corrected chi connectivity index (χ2v) is 6.90. The van der Waals surface area contributed by atoms with Crippen molar-refractivity contribution in [1.82, 2.24) is 0 Å². The predicted molar refractivity (Wildman–Crippen MR) is 108 cm³/mol. The number of ether oxygens (including phenoxy) is 3. The van der Waals surface area contributed by atoms with E-state index < -0.39 is 23.6 Å². The summed E-state index contributed by atoms with van der Waals surface area (Å²) < 4.78 is 21.2. The Hall–Kier alpha value is -3.61. The molecule has 30 heavy (non-hydrogen) atoms. The number of fused-ring (bicyclic) bond motifs is 1. The Morgan fingerprint density at radius 3 is 2.30 bits per heavy atom. The molecule has 3 rings (SSSR count). The first-order chi connectivity index (χ1) is 14.4. The molecular weight excluding hydrogens is 388 g/mol. The van der Waals surface area contributed by atoms with Crippen molar-refractivity contribution >= 4 is 17.5 Å². The summed E-state index contributed by atoms with van der Waals surface area (Å²) in [6.45, 7) is 3.77. The van der Waals surface area contributed by atoms with E-state index >= 15 is 0 Å². The number of allylic oxidation sites excluding steroid dienone is 2. The molecule has 7 nitrogen and oxygen atoms in total. The predicted octanol–water partition coefficient (Wildman–Crippen LogP) is 4.18. The van der Waals surface area contributed by atoms with E-state index in [0.717, 1.165) is 5.57 Å². The fraction of sp³-hybridized carbons (Fsp3) is 0.261. The maximum Gasteiger partial charge on any atom is 0.374 e. The smallest absolute Gasteiger partial charge is 0.374 e. The molecule has 1 atom stereocenters. The molecule has 2 aromatic rings. The fourth-order valence-corrected chi connectivity index (χ4v) is 3.20. The molecule has 1 aromatic heterocycles. The van der Waals surface area contributed by atoms with Gasteiger partial charge in [-0.2, -0.15) is 0 Å². The fourth-order valence-electron chi connectivity index (χ4n) is 3.20. The third kappa shape index (κ3) is 4.05. The van der Waals surface area contributed by atoms with Gasteiger partial charge < -0.3 is 18.6 Å². The second-order valence-electron chi connectivity index (χ2n) is 6.90. The molecular formula is C23H22O7. The van der Waals surface area contributed by atoms with Crippen molar-refractivity contribution in [2.24, 2.45) is 0 Å². The van der Waals surface area contributed by atoms with Crippen molar-refractivity contribution < 1.29 is 33.0 Å². The van der Waals surface area contributed by atoms with Crippen molar-refractivity contribution in [2.75, 3.05) is 14.2 Å². The van der Waals surface area contributed by atoms with Crippen molar-refractivity contribution in [1.29, 1.82) is 0 Å². The zero-order valence-electron chi connectivity index (χ0n) is 17.2. The van der Waals surface area contributed by atoms with Gasteiger partial charge >= 0.3 is 5.97 Å². The van der Waals surface area contributed by atoms with Crippen LogP contribution in [0.5, 0.6) is 11.5 Å². The van der Waals surface area contributed by atoms with E-state index in [-0.39, 0.29) is 40.4 Å². The first kappa shape index (κ1) is 21.1. The van der Waals surface area contributed by atoms with Crippen LogP contribution in [0.3, 0.4) is 0 Å². The highest BCUT2D eigenvalue weighted by molar-refractivity contribution is 6.27. The minimum Gasteiger partial charge on any atom is -0.496 e. The molecule has 0 fully saturated rings. The molecule has 0 radical (unpaired) electrons. The third-order valence-electron chi connectivity index (χ3n) is 4.65. The molecule has 0 saturated carbocycles. The van der Waals surface area contributed by atoms with E-state index in [2.05, 4.69) is 0 Å². The summed E-state index contributed by atoms with van der Waals surface area (Å²) in [5.41, 5.74) is 1.26. The number of rotatable bonds is 7. The van der Waals surface area contributed by atoms with Crippen LogP contribution in [0.4, 0.5) is 0 Å². The quantitative estimate of drug-likeness (QED) is 0.499. The summed E-state index contributed by atoms with van der Waals surface area (Å²) in [6, 6.07) is 6.15. The number of hydrogen-bond acceptors (Lipinski definition) is 7. The zero-order chi connectivity index (χ0) is 21.8. The largest absolute Gasteiger partial charge is 0.496 e. The maximum absolute atomic E-state index is 13.4. The van der Waals surface area contributed by atoms with Crippen LogP contribution in [0.25, 0.3) is 0 Å². The summed E-state index contributed by atoms with van der Waals surface area (Å²) in [7, 11) is 2.83. The minimum absolute atomic E-state index is 0.00651. The van der Waals surface area contributed by atoms with Gasteiger partial charge in [0.25, 0.3) is 0 Å². The van der Waals surface area contributed by atoms with Gasteiger partial charge in [-0.15, -0.1) is 0 Å². The summed E-state index contributed by atoms with van der Waals surface area (Å²) in [5.74, 6) is -1.09. The topological polar surface area (TPSA) is 92.0 Å². The molecule has 0 spiro atoms. The second kappa shape index (κ2) is 8.82. The van der Waals surface area contributed by atoms with Gasteiger partial charge in [-0.25, -0.2) is 4.79 Å². The van der Waals surface area contributed by atoms with Crippen LogP contribution in [-0.2, 0) is 4.74 Å². The SMILES string of the molecule is COc1ccc(OC)c2c1C(=O)C=C([C@@H](CC=C(C)C)OC(=O)c1ccco1)C2=O. The lowest BCUT2D eigenvalue weighted by Crippen LogP contribution is -2.29. The van der Waals surface area contributed by atoms with Crippen LogP contribution in [-0.4, -0.2) is 37.9 Å². The number of benzene rings is 1. The van der Waals surface area contributed by atoms with Gasteiger partial charge in [-0.3, -0.25) is 9.59 Å². The first-order valence-corrected chi connectivity index (χ1v) is 9.30. The molecule has 156 valence electrons. The number of hydrogen-bond donors (Lipinski definition) is 0. The van der Waals surface area contributed by atoms with Gasteiger partial charge in [0.2, 0.25) is 5.76 Å². The van der Waals surface area contributed by atoms with Gasteiger partial charge in [0.1, 0.15) is 17.6 Å². The zero-order valence-corrected chi connectivity index (χ0v) is 17.2. The van der Waals surface area contributed by atoms with E-state index in [0.29, 0.717) is 0 Å². The van der Waals surface area contributed by atoms with E-state index in [4.69, 9.17) is 18.6 Å². The van der Waals surface area contributed by atoms with Crippen LogP contribution >= 0.6 is 0 Å². The van der Waals surface area contributed by atoms with Crippen LogP contribution < -0.4 is 9.47 Å². The molecule has 0 unspecified atom stereocenters. The van der Waals surface area contributed by atoms with E-state index in [1.807, 2.05) is 19.9 Å². The maximum atomic E-state index is 13.4. The Balaban J connectivity index is 2.05. The average Bonchev–Trinajstić information content (AvgIpc) is 3.27. The number of carbonyl (C=O) groups excluding carboxylic acids is 3. The number of methoxy groups -OCH3 is 2. The standard InChI is InChI=1S/C23H22O7/c1-13(2)7-8-16(30-23(26)19-6-5-11-29-19)14-12-15(24)20-17(27-3)9-10-18(28-4)21(20)22(14)25/h5-7,9-12,16H,8H2,1-4H3/t16-/m1/s1. The molecule has 0 N–H and O–H groups in total. The van der Waals surface area contributed by atoms with Crippen molar-refractivity contribution in [3.8, 4) is 11.5 Å². The van der Waals surface area contributed by atoms with Gasteiger partial charge in [0.15, 0.2) is 11.6 Å². The highest BCUT2D eigenvalue weighted by Gasteiger charge is 2.36. The Morgan fingerprint density at radius 1 is 1.07 bits per heavy atom. The van der Waals surface area contributed by atoms with Gasteiger partial charge in [-0.1, -0.05) is 11.6 Å². The third-order valence-corrected chi connectivity index (χ3v) is 4.65. The number of Topliss-reactive ketones (excluding diaryl/α,β-unsaturated/α-hetero) is 1. The first-order valence-electron chi connectivity index (χ1n) is 9.30. The minimum atomic E-state index is -0.974. The molecule has 1 aromatic carbocycles. The number of carbonyl (C=O) groups is 3. The molecule has 0 amide bonds. The average molecular weight is 410 g/mol. The van der Waals surface area contributed by atoms with E-state index in [1.54, 1.807) is 18.2 Å². The lowest BCUT2D eigenvalue weighted by Gasteiger charge is -2.24. The van der Waals surface area contributed by atoms with Crippen molar-refractivity contribution in [3.63, 3.8) is 0 Å². The van der Waals surface area contributed by atoms with E-state index in [1.165, 1.54) is 32.6 Å². The Kier molecular flexibility index (Phi) is 6.20. The van der Waals surface area contributed by atoms with Gasteiger partial charge in [0.05, 0.1) is 31.6 Å².